The Balaban J connectivity index is 1.40. The fraction of sp³-hybridized carbons (Fsp3) is 0.562. The van der Waals surface area contributed by atoms with Crippen LogP contribution in [0, 0.1) is 6.92 Å². The molecule has 8 heteroatoms. The lowest BCUT2D eigenvalue weighted by molar-refractivity contribution is 0.114. The maximum absolute atomic E-state index is 12.2. The molecule has 3 heterocycles. The van der Waals surface area contributed by atoms with Crippen molar-refractivity contribution in [2.45, 2.75) is 26.3 Å². The standard InChI is InChI=1S/C16H23N5O2S/c1-12(14-4-10-24-11-14)20-6-8-21(9-7-20)16(22)17-5-3-15-18-13(2)19-23-15/h4,10-12H,3,5-9H2,1-2H3,(H,17,22)/t12-/m0/s1. The summed E-state index contributed by atoms with van der Waals surface area (Å²) >= 11 is 1.73. The van der Waals surface area contributed by atoms with Crippen molar-refractivity contribution in [3.05, 3.63) is 34.1 Å². The molecule has 1 saturated heterocycles. The van der Waals surface area contributed by atoms with Crippen LogP contribution >= 0.6 is 11.3 Å². The molecule has 2 aromatic heterocycles. The van der Waals surface area contributed by atoms with Gasteiger partial charge in [-0.05, 0) is 36.2 Å². The monoisotopic (exact) mass is 349 g/mol. The molecule has 0 spiro atoms. The predicted molar refractivity (Wildman–Crippen MR) is 92.0 cm³/mol. The normalized spacial score (nSPS) is 17.0. The van der Waals surface area contributed by atoms with E-state index in [1.807, 2.05) is 4.90 Å². The lowest BCUT2D eigenvalue weighted by atomic mass is 10.1. The van der Waals surface area contributed by atoms with E-state index in [0.29, 0.717) is 30.7 Å². The number of thiophene rings is 1. The number of carbonyl (C=O) groups excluding carboxylic acids is 1. The number of rotatable bonds is 5. The number of carbonyl (C=O) groups is 1. The first-order valence-corrected chi connectivity index (χ1v) is 9.16. The van der Waals surface area contributed by atoms with Gasteiger partial charge < -0.3 is 14.7 Å². The Hall–Kier alpha value is -1.93. The Labute approximate surface area is 145 Å². The van der Waals surface area contributed by atoms with Crippen molar-refractivity contribution in [2.75, 3.05) is 32.7 Å². The molecule has 7 nitrogen and oxygen atoms in total. The van der Waals surface area contributed by atoms with Crippen LogP contribution in [0.25, 0.3) is 0 Å². The molecule has 130 valence electrons. The van der Waals surface area contributed by atoms with E-state index in [-0.39, 0.29) is 6.03 Å². The molecule has 0 aromatic carbocycles. The molecule has 1 atom stereocenters. The minimum absolute atomic E-state index is 0.0194. The number of hydrogen-bond donors (Lipinski definition) is 1. The van der Waals surface area contributed by atoms with Crippen LogP contribution in [-0.2, 0) is 6.42 Å². The number of hydrogen-bond acceptors (Lipinski definition) is 6. The first-order valence-electron chi connectivity index (χ1n) is 8.21. The van der Waals surface area contributed by atoms with Gasteiger partial charge in [-0.3, -0.25) is 4.90 Å². The predicted octanol–water partition coefficient (Wildman–Crippen LogP) is 2.07. The second-order valence-electron chi connectivity index (χ2n) is 5.97. The van der Waals surface area contributed by atoms with Crippen LogP contribution in [0.4, 0.5) is 4.79 Å². The van der Waals surface area contributed by atoms with Crippen molar-refractivity contribution >= 4 is 17.4 Å². The number of urea groups is 1. The zero-order chi connectivity index (χ0) is 16.9. The van der Waals surface area contributed by atoms with Crippen LogP contribution in [-0.4, -0.2) is 58.7 Å². The van der Waals surface area contributed by atoms with Crippen molar-refractivity contribution < 1.29 is 9.32 Å². The van der Waals surface area contributed by atoms with E-state index >= 15 is 0 Å². The van der Waals surface area contributed by atoms with Gasteiger partial charge in [-0.2, -0.15) is 16.3 Å². The summed E-state index contributed by atoms with van der Waals surface area (Å²) in [5, 5.41) is 11.0. The van der Waals surface area contributed by atoms with E-state index in [4.69, 9.17) is 4.52 Å². The van der Waals surface area contributed by atoms with Gasteiger partial charge in [-0.15, -0.1) is 0 Å². The van der Waals surface area contributed by atoms with E-state index in [1.165, 1.54) is 5.56 Å². The quantitative estimate of drug-likeness (QED) is 0.894. The van der Waals surface area contributed by atoms with Gasteiger partial charge in [0.2, 0.25) is 5.89 Å². The van der Waals surface area contributed by atoms with Gasteiger partial charge in [0.15, 0.2) is 5.82 Å². The average Bonchev–Trinajstić information content (AvgIpc) is 3.26. The zero-order valence-electron chi connectivity index (χ0n) is 14.1. The SMILES string of the molecule is Cc1noc(CCNC(=O)N2CCN([C@@H](C)c3ccsc3)CC2)n1. The van der Waals surface area contributed by atoms with Crippen molar-refractivity contribution in [3.8, 4) is 0 Å². The largest absolute Gasteiger partial charge is 0.339 e. The molecule has 1 fully saturated rings. The van der Waals surface area contributed by atoms with Crippen LogP contribution in [0.5, 0.6) is 0 Å². The molecular formula is C16H23N5O2S. The molecule has 2 amide bonds. The lowest BCUT2D eigenvalue weighted by Crippen LogP contribution is -2.52. The maximum Gasteiger partial charge on any atom is 0.317 e. The highest BCUT2D eigenvalue weighted by molar-refractivity contribution is 7.07. The molecule has 0 radical (unpaired) electrons. The molecule has 0 aliphatic carbocycles. The van der Waals surface area contributed by atoms with E-state index in [1.54, 1.807) is 18.3 Å². The number of nitrogens with one attached hydrogen (secondary N) is 1. The Morgan fingerprint density at radius 3 is 2.83 bits per heavy atom. The van der Waals surface area contributed by atoms with Crippen molar-refractivity contribution in [1.82, 2.24) is 25.3 Å². The molecule has 0 saturated carbocycles. The molecule has 1 aliphatic heterocycles. The molecule has 1 N–H and O–H groups in total. The van der Waals surface area contributed by atoms with Crippen LogP contribution < -0.4 is 5.32 Å². The van der Waals surface area contributed by atoms with E-state index in [2.05, 4.69) is 44.1 Å². The second kappa shape index (κ2) is 7.76. The smallest absolute Gasteiger partial charge is 0.317 e. The van der Waals surface area contributed by atoms with Gasteiger partial charge in [0.05, 0.1) is 0 Å². The number of aromatic nitrogens is 2. The Morgan fingerprint density at radius 2 is 2.21 bits per heavy atom. The minimum Gasteiger partial charge on any atom is -0.339 e. The molecule has 3 rings (SSSR count). The maximum atomic E-state index is 12.2. The van der Waals surface area contributed by atoms with Crippen LogP contribution in [0.15, 0.2) is 21.3 Å². The molecule has 0 unspecified atom stereocenters. The highest BCUT2D eigenvalue weighted by atomic mass is 32.1. The van der Waals surface area contributed by atoms with Gasteiger partial charge in [0, 0.05) is 45.2 Å². The molecule has 0 bridgehead atoms. The summed E-state index contributed by atoms with van der Waals surface area (Å²) < 4.78 is 5.04. The van der Waals surface area contributed by atoms with Gasteiger partial charge in [-0.1, -0.05) is 5.16 Å². The number of amides is 2. The summed E-state index contributed by atoms with van der Waals surface area (Å²) in [6, 6.07) is 2.56. The summed E-state index contributed by atoms with van der Waals surface area (Å²) in [6.45, 7) is 7.80. The van der Waals surface area contributed by atoms with Crippen molar-refractivity contribution in [2.24, 2.45) is 0 Å². The highest BCUT2D eigenvalue weighted by Crippen LogP contribution is 2.23. The second-order valence-corrected chi connectivity index (χ2v) is 6.75. The lowest BCUT2D eigenvalue weighted by Gasteiger charge is -2.37. The van der Waals surface area contributed by atoms with E-state index < -0.39 is 0 Å². The van der Waals surface area contributed by atoms with Gasteiger partial charge in [0.1, 0.15) is 0 Å². The molecule has 2 aromatic rings. The number of piperazine rings is 1. The summed E-state index contributed by atoms with van der Waals surface area (Å²) in [7, 11) is 0. The minimum atomic E-state index is -0.0194. The van der Waals surface area contributed by atoms with E-state index in [9.17, 15) is 4.79 Å². The van der Waals surface area contributed by atoms with Gasteiger partial charge in [-0.25, -0.2) is 4.79 Å². The summed E-state index contributed by atoms with van der Waals surface area (Å²) in [6.07, 6.45) is 0.557. The summed E-state index contributed by atoms with van der Waals surface area (Å²) in [5.74, 6) is 1.18. The molecular weight excluding hydrogens is 326 g/mol. The summed E-state index contributed by atoms with van der Waals surface area (Å²) in [4.78, 5) is 20.6. The Bertz CT molecular complexity index is 649. The molecule has 1 aliphatic rings. The van der Waals surface area contributed by atoms with Crippen LogP contribution in [0.1, 0.15) is 30.2 Å². The Morgan fingerprint density at radius 1 is 1.42 bits per heavy atom. The van der Waals surface area contributed by atoms with Gasteiger partial charge >= 0.3 is 6.03 Å². The third-order valence-corrected chi connectivity index (χ3v) is 5.06. The zero-order valence-corrected chi connectivity index (χ0v) is 14.9. The van der Waals surface area contributed by atoms with Crippen LogP contribution in [0.2, 0.25) is 0 Å². The van der Waals surface area contributed by atoms with Crippen molar-refractivity contribution in [3.63, 3.8) is 0 Å². The first kappa shape index (κ1) is 16.9. The Kier molecular flexibility index (Phi) is 5.47. The highest BCUT2D eigenvalue weighted by Gasteiger charge is 2.24. The third-order valence-electron chi connectivity index (χ3n) is 4.36. The van der Waals surface area contributed by atoms with E-state index in [0.717, 1.165) is 26.2 Å². The van der Waals surface area contributed by atoms with Crippen LogP contribution in [0.3, 0.4) is 0 Å². The van der Waals surface area contributed by atoms with Crippen molar-refractivity contribution in [1.29, 1.82) is 0 Å². The van der Waals surface area contributed by atoms with Gasteiger partial charge in [0.25, 0.3) is 0 Å². The number of aryl methyl sites for hydroxylation is 1. The summed E-state index contributed by atoms with van der Waals surface area (Å²) in [5.41, 5.74) is 1.35. The third kappa shape index (κ3) is 4.12. The number of nitrogens with zero attached hydrogens (tertiary/aromatic N) is 4. The topological polar surface area (TPSA) is 74.5 Å². The average molecular weight is 349 g/mol. The fourth-order valence-corrected chi connectivity index (χ4v) is 3.61. The fourth-order valence-electron chi connectivity index (χ4n) is 2.87. The first-order chi connectivity index (χ1) is 11.6. The molecule has 24 heavy (non-hydrogen) atoms.